The van der Waals surface area contributed by atoms with Crippen LogP contribution in [-0.4, -0.2) is 37.7 Å². The molecule has 1 aliphatic rings. The molecule has 5 nitrogen and oxygen atoms in total. The molecule has 1 atom stereocenters. The minimum atomic E-state index is -0.0960. The zero-order valence-corrected chi connectivity index (χ0v) is 13.3. The number of hydrogen-bond acceptors (Lipinski definition) is 4. The molecule has 1 aromatic heterocycles. The highest BCUT2D eigenvalue weighted by molar-refractivity contribution is 5.95. The zero-order chi connectivity index (χ0) is 15.5. The van der Waals surface area contributed by atoms with Gasteiger partial charge in [-0.3, -0.25) is 4.79 Å². The first-order chi connectivity index (χ1) is 9.90. The third kappa shape index (κ3) is 4.17. The highest BCUT2D eigenvalue weighted by atomic mass is 16.5. The van der Waals surface area contributed by atoms with Gasteiger partial charge in [-0.25, -0.2) is 4.98 Å². The van der Waals surface area contributed by atoms with Gasteiger partial charge in [-0.05, 0) is 18.6 Å². The van der Waals surface area contributed by atoms with E-state index in [1.54, 1.807) is 6.07 Å². The number of ether oxygens (including phenoxy) is 1. The number of anilines is 1. The maximum Gasteiger partial charge on any atom is 0.251 e. The highest BCUT2D eigenvalue weighted by Gasteiger charge is 2.20. The molecule has 1 amide bonds. The van der Waals surface area contributed by atoms with E-state index in [4.69, 9.17) is 4.74 Å². The van der Waals surface area contributed by atoms with Gasteiger partial charge in [0.2, 0.25) is 0 Å². The van der Waals surface area contributed by atoms with Crippen LogP contribution in [0.3, 0.4) is 0 Å². The summed E-state index contributed by atoms with van der Waals surface area (Å²) in [7, 11) is 1.81. The molecule has 1 aromatic rings. The van der Waals surface area contributed by atoms with Gasteiger partial charge in [-0.15, -0.1) is 0 Å². The Kier molecular flexibility index (Phi) is 4.83. The van der Waals surface area contributed by atoms with Gasteiger partial charge in [-0.2, -0.15) is 0 Å². The minimum absolute atomic E-state index is 0.0497. The second-order valence-electron chi connectivity index (χ2n) is 6.57. The lowest BCUT2D eigenvalue weighted by Gasteiger charge is -2.20. The van der Waals surface area contributed by atoms with E-state index in [1.807, 2.05) is 13.1 Å². The van der Waals surface area contributed by atoms with Gasteiger partial charge in [-0.1, -0.05) is 20.8 Å². The predicted molar refractivity (Wildman–Crippen MR) is 83.7 cm³/mol. The van der Waals surface area contributed by atoms with Crippen LogP contribution < -0.4 is 10.6 Å². The maximum atomic E-state index is 12.3. The van der Waals surface area contributed by atoms with Gasteiger partial charge in [0.25, 0.3) is 5.91 Å². The summed E-state index contributed by atoms with van der Waals surface area (Å²) in [4.78, 5) is 16.9. The van der Waals surface area contributed by atoms with Crippen molar-refractivity contribution in [3.05, 3.63) is 23.4 Å². The summed E-state index contributed by atoms with van der Waals surface area (Å²) in [6.07, 6.45) is 1.02. The molecule has 2 N–H and O–H groups in total. The average molecular weight is 291 g/mol. The lowest BCUT2D eigenvalue weighted by Crippen LogP contribution is -2.30. The van der Waals surface area contributed by atoms with Gasteiger partial charge in [0.05, 0.1) is 6.61 Å². The Bertz CT molecular complexity index is 503. The van der Waals surface area contributed by atoms with Crippen LogP contribution in [0.2, 0.25) is 0 Å². The van der Waals surface area contributed by atoms with Gasteiger partial charge in [0, 0.05) is 42.8 Å². The summed E-state index contributed by atoms with van der Waals surface area (Å²) in [6.45, 7) is 8.48. The molecular weight excluding hydrogens is 266 g/mol. The molecule has 0 radical (unpaired) electrons. The van der Waals surface area contributed by atoms with Crippen molar-refractivity contribution in [3.8, 4) is 0 Å². The van der Waals surface area contributed by atoms with Crippen molar-refractivity contribution in [2.45, 2.75) is 32.6 Å². The van der Waals surface area contributed by atoms with Crippen molar-refractivity contribution in [1.29, 1.82) is 0 Å². The molecule has 1 fully saturated rings. The second kappa shape index (κ2) is 6.43. The van der Waals surface area contributed by atoms with E-state index >= 15 is 0 Å². The quantitative estimate of drug-likeness (QED) is 0.892. The molecule has 0 aromatic carbocycles. The van der Waals surface area contributed by atoms with Crippen LogP contribution in [-0.2, 0) is 10.2 Å². The fourth-order valence-electron chi connectivity index (χ4n) is 2.26. The Hall–Kier alpha value is -1.62. The first-order valence-corrected chi connectivity index (χ1v) is 7.46. The lowest BCUT2D eigenvalue weighted by molar-refractivity contribution is 0.0944. The predicted octanol–water partition coefficient (Wildman–Crippen LogP) is 2.19. The molecule has 116 valence electrons. The Morgan fingerprint density at radius 2 is 2.19 bits per heavy atom. The van der Waals surface area contributed by atoms with Crippen LogP contribution >= 0.6 is 0 Å². The molecule has 0 bridgehead atoms. The van der Waals surface area contributed by atoms with Crippen LogP contribution in [0.15, 0.2) is 12.1 Å². The van der Waals surface area contributed by atoms with Crippen LogP contribution in [0, 0.1) is 5.92 Å². The van der Waals surface area contributed by atoms with Gasteiger partial charge < -0.3 is 15.4 Å². The molecule has 21 heavy (non-hydrogen) atoms. The molecule has 1 saturated heterocycles. The molecule has 0 spiro atoms. The van der Waals surface area contributed by atoms with Gasteiger partial charge >= 0.3 is 0 Å². The molecule has 1 aliphatic heterocycles. The third-order valence-electron chi connectivity index (χ3n) is 3.69. The fourth-order valence-corrected chi connectivity index (χ4v) is 2.26. The number of rotatable bonds is 4. The Balaban J connectivity index is 2.11. The van der Waals surface area contributed by atoms with Crippen LogP contribution in [0.25, 0.3) is 0 Å². The molecule has 0 saturated carbocycles. The number of hydrogen-bond donors (Lipinski definition) is 2. The number of nitrogens with zero attached hydrogens (tertiary/aromatic N) is 1. The van der Waals surface area contributed by atoms with E-state index < -0.39 is 0 Å². The van der Waals surface area contributed by atoms with E-state index in [2.05, 4.69) is 36.4 Å². The monoisotopic (exact) mass is 291 g/mol. The number of aromatic nitrogens is 1. The largest absolute Gasteiger partial charge is 0.381 e. The van der Waals surface area contributed by atoms with Crippen molar-refractivity contribution in [2.75, 3.05) is 32.1 Å². The van der Waals surface area contributed by atoms with E-state index in [9.17, 15) is 4.79 Å². The van der Waals surface area contributed by atoms with Crippen molar-refractivity contribution in [2.24, 2.45) is 5.92 Å². The van der Waals surface area contributed by atoms with Crippen LogP contribution in [0.1, 0.15) is 43.2 Å². The standard InChI is InChI=1S/C16H25N3O2/c1-16(2,3)13-7-12(8-14(17-4)19-13)15(20)18-9-11-5-6-21-10-11/h7-8,11H,5-6,9-10H2,1-4H3,(H,17,19)(H,18,20). The summed E-state index contributed by atoms with van der Waals surface area (Å²) in [5, 5.41) is 6.02. The Labute approximate surface area is 126 Å². The minimum Gasteiger partial charge on any atom is -0.381 e. The van der Waals surface area contributed by atoms with Crippen molar-refractivity contribution in [1.82, 2.24) is 10.3 Å². The number of carbonyl (C=O) groups excluding carboxylic acids is 1. The van der Waals surface area contributed by atoms with Crippen LogP contribution in [0.5, 0.6) is 0 Å². The van der Waals surface area contributed by atoms with Gasteiger partial charge in [0.15, 0.2) is 0 Å². The third-order valence-corrected chi connectivity index (χ3v) is 3.69. The molecule has 2 heterocycles. The zero-order valence-electron chi connectivity index (χ0n) is 13.3. The first kappa shape index (κ1) is 15.8. The summed E-state index contributed by atoms with van der Waals surface area (Å²) >= 11 is 0. The fraction of sp³-hybridized carbons (Fsp3) is 0.625. The lowest BCUT2D eigenvalue weighted by atomic mass is 9.90. The summed E-state index contributed by atoms with van der Waals surface area (Å²) in [6, 6.07) is 3.66. The molecule has 5 heteroatoms. The molecule has 2 rings (SSSR count). The maximum absolute atomic E-state index is 12.3. The highest BCUT2D eigenvalue weighted by Crippen LogP contribution is 2.23. The Morgan fingerprint density at radius 1 is 1.43 bits per heavy atom. The normalized spacial score (nSPS) is 18.6. The van der Waals surface area contributed by atoms with E-state index in [1.165, 1.54) is 0 Å². The summed E-state index contributed by atoms with van der Waals surface area (Å²) in [5.41, 5.74) is 1.46. The smallest absolute Gasteiger partial charge is 0.251 e. The van der Waals surface area contributed by atoms with Crippen LogP contribution in [0.4, 0.5) is 5.82 Å². The van der Waals surface area contributed by atoms with Crippen molar-refractivity contribution < 1.29 is 9.53 Å². The van der Waals surface area contributed by atoms with E-state index in [0.29, 0.717) is 18.0 Å². The number of nitrogens with one attached hydrogen (secondary N) is 2. The van der Waals surface area contributed by atoms with E-state index in [0.717, 1.165) is 31.1 Å². The SMILES string of the molecule is CNc1cc(C(=O)NCC2CCOC2)cc(C(C)(C)C)n1. The summed E-state index contributed by atoms with van der Waals surface area (Å²) < 4.78 is 5.32. The molecule has 1 unspecified atom stereocenters. The summed E-state index contributed by atoms with van der Waals surface area (Å²) in [5.74, 6) is 1.10. The number of pyridine rings is 1. The van der Waals surface area contributed by atoms with Gasteiger partial charge in [0.1, 0.15) is 5.82 Å². The number of amides is 1. The first-order valence-electron chi connectivity index (χ1n) is 7.46. The number of carbonyl (C=O) groups is 1. The Morgan fingerprint density at radius 3 is 2.76 bits per heavy atom. The molecule has 0 aliphatic carbocycles. The average Bonchev–Trinajstić information content (AvgIpc) is 2.96. The van der Waals surface area contributed by atoms with Crippen molar-refractivity contribution in [3.63, 3.8) is 0 Å². The molecular formula is C16H25N3O2. The topological polar surface area (TPSA) is 63.2 Å². The second-order valence-corrected chi connectivity index (χ2v) is 6.57. The van der Waals surface area contributed by atoms with E-state index in [-0.39, 0.29) is 11.3 Å². The van der Waals surface area contributed by atoms with Crippen molar-refractivity contribution >= 4 is 11.7 Å².